The molecule has 0 saturated carbocycles. The van der Waals surface area contributed by atoms with Gasteiger partial charge in [0.1, 0.15) is 6.54 Å². The normalized spacial score (nSPS) is 10.3. The van der Waals surface area contributed by atoms with Gasteiger partial charge in [-0.05, 0) is 20.3 Å². The van der Waals surface area contributed by atoms with Gasteiger partial charge in [0.25, 0.3) is 0 Å². The third kappa shape index (κ3) is 7.79. The summed E-state index contributed by atoms with van der Waals surface area (Å²) in [5.41, 5.74) is 0. The van der Waals surface area contributed by atoms with Gasteiger partial charge in [0.2, 0.25) is 5.91 Å². The number of amides is 1. The van der Waals surface area contributed by atoms with Crippen LogP contribution in [0.3, 0.4) is 0 Å². The van der Waals surface area contributed by atoms with E-state index in [0.717, 1.165) is 12.8 Å². The molecule has 0 spiro atoms. The first-order chi connectivity index (χ1) is 8.13. The highest BCUT2D eigenvalue weighted by atomic mass is 16.2. The molecular weight excluding hydrogens is 212 g/mol. The fourth-order valence-corrected chi connectivity index (χ4v) is 1.84. The fourth-order valence-electron chi connectivity index (χ4n) is 1.84. The van der Waals surface area contributed by atoms with E-state index in [9.17, 15) is 4.79 Å². The number of nitrogens with zero attached hydrogens (tertiary/aromatic N) is 2. The molecule has 0 fully saturated rings. The molecule has 3 nitrogen and oxygen atoms in total. The summed E-state index contributed by atoms with van der Waals surface area (Å²) in [6, 6.07) is 2.18. The van der Waals surface area contributed by atoms with Crippen LogP contribution in [0.15, 0.2) is 0 Å². The van der Waals surface area contributed by atoms with Gasteiger partial charge in [-0.25, -0.2) is 0 Å². The fraction of sp³-hybridized carbons (Fsp3) is 0.857. The molecule has 0 rings (SSSR count). The molecule has 0 radical (unpaired) electrons. The van der Waals surface area contributed by atoms with Crippen LogP contribution in [-0.4, -0.2) is 23.4 Å². The Balaban J connectivity index is 3.72. The quantitative estimate of drug-likeness (QED) is 0.456. The predicted molar refractivity (Wildman–Crippen MR) is 70.5 cm³/mol. The first kappa shape index (κ1) is 16.0. The number of unbranched alkanes of at least 4 members (excludes halogenated alkanes) is 5. The van der Waals surface area contributed by atoms with Gasteiger partial charge in [-0.15, -0.1) is 0 Å². The summed E-state index contributed by atoms with van der Waals surface area (Å²) in [5, 5.41) is 8.66. The molecule has 0 aliphatic carbocycles. The van der Waals surface area contributed by atoms with E-state index in [2.05, 4.69) is 13.0 Å². The van der Waals surface area contributed by atoms with Crippen LogP contribution in [0, 0.1) is 11.3 Å². The molecular formula is C14H26N2O. The zero-order valence-corrected chi connectivity index (χ0v) is 11.5. The maximum atomic E-state index is 11.8. The van der Waals surface area contributed by atoms with Gasteiger partial charge >= 0.3 is 0 Å². The van der Waals surface area contributed by atoms with Crippen LogP contribution in [0.5, 0.6) is 0 Å². The van der Waals surface area contributed by atoms with E-state index < -0.39 is 0 Å². The molecule has 0 heterocycles. The molecule has 0 atom stereocenters. The summed E-state index contributed by atoms with van der Waals surface area (Å²) in [4.78, 5) is 13.5. The summed E-state index contributed by atoms with van der Waals surface area (Å²) in [5.74, 6) is 0.122. The van der Waals surface area contributed by atoms with Crippen LogP contribution in [0.4, 0.5) is 0 Å². The van der Waals surface area contributed by atoms with Crippen molar-refractivity contribution < 1.29 is 4.79 Å². The van der Waals surface area contributed by atoms with Gasteiger partial charge < -0.3 is 4.90 Å². The lowest BCUT2D eigenvalue weighted by molar-refractivity contribution is -0.132. The third-order valence-corrected chi connectivity index (χ3v) is 2.93. The molecule has 0 N–H and O–H groups in total. The Hall–Kier alpha value is -1.04. The molecule has 17 heavy (non-hydrogen) atoms. The summed E-state index contributed by atoms with van der Waals surface area (Å²) >= 11 is 0. The first-order valence-corrected chi connectivity index (χ1v) is 6.79. The Bertz CT molecular complexity index is 243. The summed E-state index contributed by atoms with van der Waals surface area (Å²) < 4.78 is 0. The van der Waals surface area contributed by atoms with E-state index in [1.54, 1.807) is 4.90 Å². The lowest BCUT2D eigenvalue weighted by Crippen LogP contribution is -2.37. The van der Waals surface area contributed by atoms with E-state index in [1.165, 1.54) is 25.7 Å². The molecule has 0 aromatic rings. The highest BCUT2D eigenvalue weighted by Crippen LogP contribution is 2.09. The largest absolute Gasteiger partial charge is 0.327 e. The molecule has 0 unspecified atom stereocenters. The van der Waals surface area contributed by atoms with Gasteiger partial charge in [-0.1, -0.05) is 39.0 Å². The van der Waals surface area contributed by atoms with E-state index in [1.807, 2.05) is 13.8 Å². The minimum absolute atomic E-state index is 0.122. The molecule has 0 aliphatic rings. The third-order valence-electron chi connectivity index (χ3n) is 2.93. The van der Waals surface area contributed by atoms with Crippen LogP contribution in [0.2, 0.25) is 0 Å². The number of carbonyl (C=O) groups is 1. The zero-order chi connectivity index (χ0) is 13.1. The lowest BCUT2D eigenvalue weighted by atomic mass is 10.1. The number of nitriles is 1. The molecule has 0 aromatic heterocycles. The number of rotatable bonds is 9. The van der Waals surface area contributed by atoms with Crippen molar-refractivity contribution in [1.82, 2.24) is 4.90 Å². The summed E-state index contributed by atoms with van der Waals surface area (Å²) in [7, 11) is 0. The zero-order valence-electron chi connectivity index (χ0n) is 11.5. The Labute approximate surface area is 106 Å². The van der Waals surface area contributed by atoms with Crippen LogP contribution < -0.4 is 0 Å². The average molecular weight is 238 g/mol. The van der Waals surface area contributed by atoms with Crippen molar-refractivity contribution in [2.75, 3.05) is 6.54 Å². The Morgan fingerprint density at radius 1 is 1.18 bits per heavy atom. The number of hydrogen-bond acceptors (Lipinski definition) is 2. The van der Waals surface area contributed by atoms with Crippen molar-refractivity contribution >= 4 is 5.91 Å². The summed E-state index contributed by atoms with van der Waals surface area (Å²) in [6.07, 6.45) is 7.72. The van der Waals surface area contributed by atoms with Gasteiger partial charge in [0.15, 0.2) is 0 Å². The van der Waals surface area contributed by atoms with Crippen molar-refractivity contribution in [2.24, 2.45) is 0 Å². The second kappa shape index (κ2) is 10.1. The van der Waals surface area contributed by atoms with Gasteiger partial charge in [0.05, 0.1) is 6.07 Å². The van der Waals surface area contributed by atoms with Crippen LogP contribution >= 0.6 is 0 Å². The molecule has 98 valence electrons. The smallest absolute Gasteiger partial charge is 0.223 e. The predicted octanol–water partition coefficient (Wildman–Crippen LogP) is 3.50. The average Bonchev–Trinajstić information content (AvgIpc) is 2.29. The topological polar surface area (TPSA) is 44.1 Å². The molecule has 0 aliphatic heterocycles. The standard InChI is InChI=1S/C14H26N2O/c1-4-5-6-7-8-9-10-14(17)16(12-11-15)13(2)3/h13H,4-10,12H2,1-3H3. The lowest BCUT2D eigenvalue weighted by Gasteiger charge is -2.23. The molecule has 0 bridgehead atoms. The van der Waals surface area contributed by atoms with E-state index >= 15 is 0 Å². The van der Waals surface area contributed by atoms with Crippen LogP contribution in [-0.2, 0) is 4.79 Å². The maximum absolute atomic E-state index is 11.8. The maximum Gasteiger partial charge on any atom is 0.223 e. The van der Waals surface area contributed by atoms with E-state index in [0.29, 0.717) is 6.42 Å². The second-order valence-electron chi connectivity index (χ2n) is 4.79. The van der Waals surface area contributed by atoms with Gasteiger partial charge in [-0.2, -0.15) is 5.26 Å². The SMILES string of the molecule is CCCCCCCCC(=O)N(CC#N)C(C)C. The number of carbonyl (C=O) groups excluding carboxylic acids is 1. The monoisotopic (exact) mass is 238 g/mol. The Kier molecular flexibility index (Phi) is 9.52. The molecule has 1 amide bonds. The van der Waals surface area contributed by atoms with Crippen molar-refractivity contribution in [1.29, 1.82) is 5.26 Å². The van der Waals surface area contributed by atoms with E-state index in [4.69, 9.17) is 5.26 Å². The molecule has 3 heteroatoms. The Morgan fingerprint density at radius 3 is 2.29 bits per heavy atom. The van der Waals surface area contributed by atoms with E-state index in [-0.39, 0.29) is 18.5 Å². The van der Waals surface area contributed by atoms with Crippen molar-refractivity contribution in [2.45, 2.75) is 71.8 Å². The van der Waals surface area contributed by atoms with Crippen molar-refractivity contribution in [3.05, 3.63) is 0 Å². The highest BCUT2D eigenvalue weighted by molar-refractivity contribution is 5.76. The minimum atomic E-state index is 0.122. The summed E-state index contributed by atoms with van der Waals surface area (Å²) in [6.45, 7) is 6.32. The van der Waals surface area contributed by atoms with Gasteiger partial charge in [-0.3, -0.25) is 4.79 Å². The molecule has 0 aromatic carbocycles. The first-order valence-electron chi connectivity index (χ1n) is 6.79. The van der Waals surface area contributed by atoms with Crippen LogP contribution in [0.1, 0.15) is 65.7 Å². The van der Waals surface area contributed by atoms with Crippen LogP contribution in [0.25, 0.3) is 0 Å². The van der Waals surface area contributed by atoms with Crippen molar-refractivity contribution in [3.63, 3.8) is 0 Å². The van der Waals surface area contributed by atoms with Gasteiger partial charge in [0, 0.05) is 12.5 Å². The highest BCUT2D eigenvalue weighted by Gasteiger charge is 2.15. The molecule has 0 saturated heterocycles. The number of hydrogen-bond donors (Lipinski definition) is 0. The van der Waals surface area contributed by atoms with Crippen molar-refractivity contribution in [3.8, 4) is 6.07 Å². The minimum Gasteiger partial charge on any atom is -0.327 e. The Morgan fingerprint density at radius 2 is 1.76 bits per heavy atom. The second-order valence-corrected chi connectivity index (χ2v) is 4.79.